The second kappa shape index (κ2) is 4.78. The van der Waals surface area contributed by atoms with Gasteiger partial charge in [-0.1, -0.05) is 36.4 Å². The van der Waals surface area contributed by atoms with E-state index in [0.29, 0.717) is 0 Å². The molecule has 24 heavy (non-hydrogen) atoms. The quantitative estimate of drug-likeness (QED) is 0.289. The van der Waals surface area contributed by atoms with Crippen molar-refractivity contribution < 1.29 is 0 Å². The second-order valence-corrected chi connectivity index (χ2v) is 7.80. The second-order valence-electron chi connectivity index (χ2n) is 6.58. The molecule has 2 aromatic heterocycles. The Morgan fingerprint density at radius 3 is 2.29 bits per heavy atom. The lowest BCUT2D eigenvalue weighted by Crippen LogP contribution is -1.86. The van der Waals surface area contributed by atoms with E-state index >= 15 is 0 Å². The third-order valence-corrected chi connectivity index (χ3v) is 6.48. The monoisotopic (exact) mass is 327 g/mol. The van der Waals surface area contributed by atoms with Crippen LogP contribution in [0.5, 0.6) is 0 Å². The number of fused-ring (bicyclic) bond motifs is 7. The van der Waals surface area contributed by atoms with Crippen LogP contribution in [-0.2, 0) is 0 Å². The van der Waals surface area contributed by atoms with Crippen LogP contribution in [0.3, 0.4) is 0 Å². The summed E-state index contributed by atoms with van der Waals surface area (Å²) >= 11 is 1.88. The summed E-state index contributed by atoms with van der Waals surface area (Å²) in [6.07, 6.45) is 2.06. The van der Waals surface area contributed by atoms with Gasteiger partial charge >= 0.3 is 0 Å². The molecule has 0 aliphatic heterocycles. The van der Waals surface area contributed by atoms with Crippen molar-refractivity contribution in [3.63, 3.8) is 0 Å². The Bertz CT molecular complexity index is 1280. The van der Waals surface area contributed by atoms with Crippen LogP contribution in [-0.4, -0.2) is 4.98 Å². The van der Waals surface area contributed by atoms with Gasteiger partial charge in [0.25, 0.3) is 0 Å². The van der Waals surface area contributed by atoms with Gasteiger partial charge in [0.2, 0.25) is 0 Å². The van der Waals surface area contributed by atoms with Crippen molar-refractivity contribution in [3.8, 4) is 0 Å². The number of aromatic nitrogens is 1. The number of thiophene rings is 1. The van der Waals surface area contributed by atoms with E-state index in [1.165, 1.54) is 53.0 Å². The average molecular weight is 327 g/mol. The standard InChI is InChI=1S/C22H17NS/c1-12-10-19-17(16-7-5-4-6-15(12)16)8-9-18-21(19)23-11-20-13(2)14(3)24-22(18)20/h4-11H,1-3H3. The molecule has 1 nitrogen and oxygen atoms in total. The number of benzene rings is 3. The average Bonchev–Trinajstić information content (AvgIpc) is 2.90. The third kappa shape index (κ3) is 1.72. The minimum absolute atomic E-state index is 1.12. The number of pyridine rings is 1. The summed E-state index contributed by atoms with van der Waals surface area (Å²) in [4.78, 5) is 6.25. The molecule has 5 rings (SSSR count). The predicted octanol–water partition coefficient (Wildman–Crippen LogP) is 6.68. The van der Waals surface area contributed by atoms with Crippen LogP contribution in [0.4, 0.5) is 0 Å². The molecule has 0 atom stereocenters. The van der Waals surface area contributed by atoms with Crippen LogP contribution >= 0.6 is 11.3 Å². The molecule has 0 fully saturated rings. The molecule has 116 valence electrons. The zero-order chi connectivity index (χ0) is 16.4. The van der Waals surface area contributed by atoms with Crippen LogP contribution in [0.15, 0.2) is 48.7 Å². The molecule has 0 aliphatic carbocycles. The fourth-order valence-electron chi connectivity index (χ4n) is 3.80. The van der Waals surface area contributed by atoms with Gasteiger partial charge in [0.15, 0.2) is 0 Å². The van der Waals surface area contributed by atoms with Crippen molar-refractivity contribution in [2.45, 2.75) is 20.8 Å². The molecule has 0 bridgehead atoms. The Morgan fingerprint density at radius 2 is 1.46 bits per heavy atom. The summed E-state index contributed by atoms with van der Waals surface area (Å²) in [6, 6.07) is 15.5. The maximum atomic E-state index is 4.87. The number of hydrogen-bond acceptors (Lipinski definition) is 2. The Balaban J connectivity index is 2.04. The number of nitrogens with zero attached hydrogens (tertiary/aromatic N) is 1. The summed E-state index contributed by atoms with van der Waals surface area (Å²) < 4.78 is 1.36. The molecule has 0 spiro atoms. The number of rotatable bonds is 0. The molecule has 0 saturated heterocycles. The first kappa shape index (κ1) is 13.9. The van der Waals surface area contributed by atoms with Gasteiger partial charge in [0, 0.05) is 31.9 Å². The lowest BCUT2D eigenvalue weighted by Gasteiger charge is -2.10. The van der Waals surface area contributed by atoms with E-state index in [2.05, 4.69) is 69.4 Å². The van der Waals surface area contributed by atoms with E-state index in [-0.39, 0.29) is 0 Å². The highest BCUT2D eigenvalue weighted by atomic mass is 32.1. The Kier molecular flexibility index (Phi) is 2.77. The summed E-state index contributed by atoms with van der Waals surface area (Å²) in [7, 11) is 0. The first-order valence-electron chi connectivity index (χ1n) is 8.24. The molecule has 2 heteroatoms. The predicted molar refractivity (Wildman–Crippen MR) is 106 cm³/mol. The Morgan fingerprint density at radius 1 is 0.750 bits per heavy atom. The normalized spacial score (nSPS) is 12.0. The molecule has 0 N–H and O–H groups in total. The van der Waals surface area contributed by atoms with Crippen molar-refractivity contribution in [3.05, 3.63) is 64.7 Å². The minimum atomic E-state index is 1.12. The van der Waals surface area contributed by atoms with Gasteiger partial charge in [-0.2, -0.15) is 0 Å². The molecule has 0 saturated carbocycles. The van der Waals surface area contributed by atoms with Crippen LogP contribution in [0.1, 0.15) is 16.0 Å². The fourth-order valence-corrected chi connectivity index (χ4v) is 4.96. The highest BCUT2D eigenvalue weighted by Gasteiger charge is 2.13. The lowest BCUT2D eigenvalue weighted by atomic mass is 9.96. The van der Waals surface area contributed by atoms with Crippen molar-refractivity contribution >= 4 is 53.9 Å². The molecule has 0 aliphatic rings. The molecule has 2 heterocycles. The molecular weight excluding hydrogens is 310 g/mol. The molecule has 5 aromatic rings. The van der Waals surface area contributed by atoms with Gasteiger partial charge in [-0.05, 0) is 54.1 Å². The highest BCUT2D eigenvalue weighted by Crippen LogP contribution is 2.38. The van der Waals surface area contributed by atoms with Gasteiger partial charge in [-0.15, -0.1) is 11.3 Å². The number of aryl methyl sites for hydroxylation is 3. The van der Waals surface area contributed by atoms with E-state index < -0.39 is 0 Å². The highest BCUT2D eigenvalue weighted by molar-refractivity contribution is 7.20. The first-order chi connectivity index (χ1) is 11.6. The molecule has 0 amide bonds. The van der Waals surface area contributed by atoms with Crippen LogP contribution in [0, 0.1) is 20.8 Å². The maximum absolute atomic E-state index is 4.87. The maximum Gasteiger partial charge on any atom is 0.0795 e. The van der Waals surface area contributed by atoms with Gasteiger partial charge < -0.3 is 0 Å². The van der Waals surface area contributed by atoms with Gasteiger partial charge in [-0.25, -0.2) is 0 Å². The summed E-state index contributed by atoms with van der Waals surface area (Å²) in [5.41, 5.74) is 3.79. The summed E-state index contributed by atoms with van der Waals surface area (Å²) in [5.74, 6) is 0. The van der Waals surface area contributed by atoms with Crippen molar-refractivity contribution in [2.24, 2.45) is 0 Å². The Labute approximate surface area is 144 Å². The van der Waals surface area contributed by atoms with Gasteiger partial charge in [-0.3, -0.25) is 4.98 Å². The Hall–Kier alpha value is -2.45. The SMILES string of the molecule is Cc1sc2c(cnc3c4cc(C)c5ccccc5c4ccc32)c1C. The van der Waals surface area contributed by atoms with E-state index in [1.807, 2.05) is 11.3 Å². The largest absolute Gasteiger partial charge is 0.255 e. The fraction of sp³-hybridized carbons (Fsp3) is 0.136. The molecular formula is C22H17NS. The van der Waals surface area contributed by atoms with E-state index in [9.17, 15) is 0 Å². The van der Waals surface area contributed by atoms with E-state index in [0.717, 1.165) is 5.52 Å². The lowest BCUT2D eigenvalue weighted by molar-refractivity contribution is 1.42. The van der Waals surface area contributed by atoms with Gasteiger partial charge in [0.1, 0.15) is 0 Å². The van der Waals surface area contributed by atoms with Crippen LogP contribution < -0.4 is 0 Å². The molecule has 0 unspecified atom stereocenters. The number of hydrogen-bond donors (Lipinski definition) is 0. The minimum Gasteiger partial charge on any atom is -0.255 e. The van der Waals surface area contributed by atoms with Crippen molar-refractivity contribution in [1.29, 1.82) is 0 Å². The topological polar surface area (TPSA) is 12.9 Å². The van der Waals surface area contributed by atoms with Crippen LogP contribution in [0.25, 0.3) is 42.5 Å². The third-order valence-electron chi connectivity index (χ3n) is 5.22. The molecule has 3 aromatic carbocycles. The van der Waals surface area contributed by atoms with Crippen molar-refractivity contribution in [2.75, 3.05) is 0 Å². The zero-order valence-corrected chi connectivity index (χ0v) is 14.8. The van der Waals surface area contributed by atoms with Crippen LogP contribution in [0.2, 0.25) is 0 Å². The van der Waals surface area contributed by atoms with E-state index in [1.54, 1.807) is 0 Å². The smallest absolute Gasteiger partial charge is 0.0795 e. The summed E-state index contributed by atoms with van der Waals surface area (Å²) in [6.45, 7) is 6.59. The van der Waals surface area contributed by atoms with E-state index in [4.69, 9.17) is 4.98 Å². The summed E-state index contributed by atoms with van der Waals surface area (Å²) in [5, 5.41) is 7.76. The first-order valence-corrected chi connectivity index (χ1v) is 9.06. The van der Waals surface area contributed by atoms with Crippen molar-refractivity contribution in [1.82, 2.24) is 4.98 Å². The molecule has 0 radical (unpaired) electrons. The zero-order valence-electron chi connectivity index (χ0n) is 14.0. The van der Waals surface area contributed by atoms with Gasteiger partial charge in [0.05, 0.1) is 5.52 Å².